The molecule has 0 atom stereocenters. The first-order valence-corrected chi connectivity index (χ1v) is 11.9. The van der Waals surface area contributed by atoms with Crippen molar-refractivity contribution in [3.8, 4) is 11.4 Å². The molecule has 8 nitrogen and oxygen atoms in total. The molecule has 1 aromatic heterocycles. The summed E-state index contributed by atoms with van der Waals surface area (Å²) in [4.78, 5) is 23.6. The standard InChI is InChI=1S/C20H26Cl3N5O3S/c1-19(2,3)14-8-6-13(7-9-14)16-25-27-18(28(16)10-5-11-31-4)32-12-15(29)24-26-17(30)20(21,22)23/h6-9H,5,10-12H2,1-4H3,(H,24,29)(H,26,30). The number of rotatable bonds is 8. The molecule has 0 aliphatic carbocycles. The summed E-state index contributed by atoms with van der Waals surface area (Å²) in [6.45, 7) is 7.67. The number of hydrogen-bond acceptors (Lipinski definition) is 6. The Morgan fingerprint density at radius 3 is 2.31 bits per heavy atom. The monoisotopic (exact) mass is 521 g/mol. The average molecular weight is 523 g/mol. The van der Waals surface area contributed by atoms with Gasteiger partial charge in [-0.05, 0) is 17.4 Å². The SMILES string of the molecule is COCCCn1c(SCC(=O)NNC(=O)C(Cl)(Cl)Cl)nnc1-c1ccc(C(C)(C)C)cc1. The number of nitrogens with zero attached hydrogens (tertiary/aromatic N) is 3. The fourth-order valence-corrected chi connectivity index (χ4v) is 3.57. The topological polar surface area (TPSA) is 98.1 Å². The molecule has 0 saturated heterocycles. The molecule has 0 radical (unpaired) electrons. The van der Waals surface area contributed by atoms with Crippen LogP contribution in [-0.2, 0) is 26.3 Å². The number of alkyl halides is 3. The van der Waals surface area contributed by atoms with Crippen molar-refractivity contribution in [2.45, 2.75) is 48.1 Å². The maximum atomic E-state index is 12.1. The molecule has 2 aromatic rings. The highest BCUT2D eigenvalue weighted by molar-refractivity contribution is 7.99. The van der Waals surface area contributed by atoms with Gasteiger partial charge in [-0.25, -0.2) is 0 Å². The van der Waals surface area contributed by atoms with Gasteiger partial charge in [-0.1, -0.05) is 91.6 Å². The molecular weight excluding hydrogens is 497 g/mol. The second-order valence-electron chi connectivity index (χ2n) is 7.92. The lowest BCUT2D eigenvalue weighted by molar-refractivity contribution is -0.127. The van der Waals surface area contributed by atoms with Crippen molar-refractivity contribution in [3.63, 3.8) is 0 Å². The summed E-state index contributed by atoms with van der Waals surface area (Å²) in [6, 6.07) is 8.20. The molecule has 176 valence electrons. The van der Waals surface area contributed by atoms with Crippen LogP contribution < -0.4 is 10.9 Å². The fraction of sp³-hybridized carbons (Fsp3) is 0.500. The van der Waals surface area contributed by atoms with Crippen molar-refractivity contribution < 1.29 is 14.3 Å². The Kier molecular flexibility index (Phi) is 9.66. The molecule has 0 spiro atoms. The summed E-state index contributed by atoms with van der Waals surface area (Å²) in [5, 5.41) is 9.16. The molecule has 2 amide bonds. The van der Waals surface area contributed by atoms with Gasteiger partial charge in [-0.15, -0.1) is 10.2 Å². The van der Waals surface area contributed by atoms with E-state index in [9.17, 15) is 9.59 Å². The molecule has 12 heteroatoms. The van der Waals surface area contributed by atoms with Crippen LogP contribution in [0.2, 0.25) is 0 Å². The Balaban J connectivity index is 2.13. The number of thioether (sulfide) groups is 1. The van der Waals surface area contributed by atoms with Crippen molar-refractivity contribution in [2.24, 2.45) is 0 Å². The largest absolute Gasteiger partial charge is 0.385 e. The van der Waals surface area contributed by atoms with E-state index in [4.69, 9.17) is 39.5 Å². The third kappa shape index (κ3) is 7.81. The van der Waals surface area contributed by atoms with E-state index < -0.39 is 15.6 Å². The van der Waals surface area contributed by atoms with Crippen molar-refractivity contribution in [1.82, 2.24) is 25.6 Å². The van der Waals surface area contributed by atoms with Crippen molar-refractivity contribution in [2.75, 3.05) is 19.5 Å². The number of amides is 2. The van der Waals surface area contributed by atoms with E-state index in [1.54, 1.807) is 7.11 Å². The van der Waals surface area contributed by atoms with Crippen molar-refractivity contribution in [1.29, 1.82) is 0 Å². The number of carbonyl (C=O) groups is 2. The normalized spacial score (nSPS) is 12.0. The Bertz CT molecular complexity index is 924. The van der Waals surface area contributed by atoms with Gasteiger partial charge in [-0.2, -0.15) is 0 Å². The molecule has 0 aliphatic heterocycles. The molecule has 0 saturated carbocycles. The molecule has 32 heavy (non-hydrogen) atoms. The van der Waals surface area contributed by atoms with Gasteiger partial charge in [-0.3, -0.25) is 20.4 Å². The first-order chi connectivity index (χ1) is 14.9. The summed E-state index contributed by atoms with van der Waals surface area (Å²) in [5.41, 5.74) is 6.45. The smallest absolute Gasteiger partial charge is 0.290 e. The van der Waals surface area contributed by atoms with Gasteiger partial charge in [0.15, 0.2) is 11.0 Å². The van der Waals surface area contributed by atoms with Crippen molar-refractivity contribution >= 4 is 58.4 Å². The van der Waals surface area contributed by atoms with E-state index >= 15 is 0 Å². The summed E-state index contributed by atoms with van der Waals surface area (Å²) in [7, 11) is 1.64. The van der Waals surface area contributed by atoms with Crippen LogP contribution in [0.25, 0.3) is 11.4 Å². The van der Waals surface area contributed by atoms with Gasteiger partial charge in [0.25, 0.3) is 9.70 Å². The zero-order valence-electron chi connectivity index (χ0n) is 18.2. The van der Waals surface area contributed by atoms with Crippen LogP contribution in [0.4, 0.5) is 0 Å². The van der Waals surface area contributed by atoms with Crippen LogP contribution in [0, 0.1) is 0 Å². The van der Waals surface area contributed by atoms with E-state index in [2.05, 4.69) is 54.0 Å². The number of methoxy groups -OCH3 is 1. The molecule has 2 N–H and O–H groups in total. The number of carbonyl (C=O) groups excluding carboxylic acids is 2. The highest BCUT2D eigenvalue weighted by Gasteiger charge is 2.30. The molecule has 2 rings (SSSR count). The lowest BCUT2D eigenvalue weighted by Crippen LogP contribution is -2.47. The van der Waals surface area contributed by atoms with E-state index in [1.165, 1.54) is 17.3 Å². The molecular formula is C20H26Cl3N5O3S. The van der Waals surface area contributed by atoms with Gasteiger partial charge in [0.05, 0.1) is 5.75 Å². The predicted molar refractivity (Wildman–Crippen MR) is 128 cm³/mol. The molecule has 0 fully saturated rings. The van der Waals surface area contributed by atoms with Crippen LogP contribution in [0.3, 0.4) is 0 Å². The highest BCUT2D eigenvalue weighted by Crippen LogP contribution is 2.28. The van der Waals surface area contributed by atoms with Crippen LogP contribution in [-0.4, -0.2) is 49.8 Å². The fourth-order valence-electron chi connectivity index (χ4n) is 2.66. The van der Waals surface area contributed by atoms with E-state index in [1.807, 2.05) is 16.7 Å². The van der Waals surface area contributed by atoms with Crippen LogP contribution in [0.1, 0.15) is 32.8 Å². The third-order valence-electron chi connectivity index (χ3n) is 4.36. The second kappa shape index (κ2) is 11.6. The van der Waals surface area contributed by atoms with Gasteiger partial charge in [0.2, 0.25) is 5.91 Å². The molecule has 0 bridgehead atoms. The number of hydrazine groups is 1. The summed E-state index contributed by atoms with van der Waals surface area (Å²) in [5.74, 6) is -0.760. The Labute approximate surface area is 206 Å². The van der Waals surface area contributed by atoms with Gasteiger partial charge < -0.3 is 9.30 Å². The Morgan fingerprint density at radius 1 is 1.09 bits per heavy atom. The molecule has 1 aromatic carbocycles. The number of nitrogens with one attached hydrogen (secondary N) is 2. The highest BCUT2D eigenvalue weighted by atomic mass is 35.6. The van der Waals surface area contributed by atoms with Crippen LogP contribution in [0.15, 0.2) is 29.4 Å². The summed E-state index contributed by atoms with van der Waals surface area (Å²) >= 11 is 17.5. The van der Waals surface area contributed by atoms with Crippen molar-refractivity contribution in [3.05, 3.63) is 29.8 Å². The van der Waals surface area contributed by atoms with Gasteiger partial charge in [0, 0.05) is 25.8 Å². The quantitative estimate of drug-likeness (QED) is 0.236. The molecule has 1 heterocycles. The maximum absolute atomic E-state index is 12.1. The second-order valence-corrected chi connectivity index (χ2v) is 11.1. The summed E-state index contributed by atoms with van der Waals surface area (Å²) in [6.07, 6.45) is 0.751. The van der Waals surface area contributed by atoms with E-state index in [0.717, 1.165) is 12.0 Å². The number of benzene rings is 1. The predicted octanol–water partition coefficient (Wildman–Crippen LogP) is 3.89. The maximum Gasteiger partial charge on any atom is 0.290 e. The summed E-state index contributed by atoms with van der Waals surface area (Å²) < 4.78 is 4.94. The third-order valence-corrected chi connectivity index (χ3v) is 5.84. The first kappa shape index (κ1) is 26.7. The zero-order chi connectivity index (χ0) is 23.9. The van der Waals surface area contributed by atoms with E-state index in [-0.39, 0.29) is 11.2 Å². The first-order valence-electron chi connectivity index (χ1n) is 9.75. The number of ether oxygens (including phenoxy) is 1. The van der Waals surface area contributed by atoms with E-state index in [0.29, 0.717) is 24.1 Å². The van der Waals surface area contributed by atoms with Crippen LogP contribution in [0.5, 0.6) is 0 Å². The molecule has 0 unspecified atom stereocenters. The average Bonchev–Trinajstić information content (AvgIpc) is 3.12. The number of hydrogen-bond donors (Lipinski definition) is 2. The minimum Gasteiger partial charge on any atom is -0.385 e. The number of aromatic nitrogens is 3. The lowest BCUT2D eigenvalue weighted by Gasteiger charge is -2.19. The van der Waals surface area contributed by atoms with Gasteiger partial charge >= 0.3 is 0 Å². The Morgan fingerprint density at radius 2 is 1.75 bits per heavy atom. The van der Waals surface area contributed by atoms with Crippen LogP contribution >= 0.6 is 46.6 Å². The zero-order valence-corrected chi connectivity index (χ0v) is 21.3. The Hall–Kier alpha value is -1.52. The minimum absolute atomic E-state index is 0.0223. The minimum atomic E-state index is -2.17. The number of halogens is 3. The molecule has 0 aliphatic rings. The van der Waals surface area contributed by atoms with Gasteiger partial charge in [0.1, 0.15) is 0 Å². The lowest BCUT2D eigenvalue weighted by atomic mass is 9.87.